The molecule has 2 aromatic heterocycles. The zero-order chi connectivity index (χ0) is 13.7. The van der Waals surface area contributed by atoms with E-state index >= 15 is 0 Å². The lowest BCUT2D eigenvalue weighted by Gasteiger charge is -2.07. The Morgan fingerprint density at radius 2 is 2.21 bits per heavy atom. The molecule has 0 atom stereocenters. The predicted octanol–water partition coefficient (Wildman–Crippen LogP) is 0.436. The first kappa shape index (κ1) is 13.3. The summed E-state index contributed by atoms with van der Waals surface area (Å²) in [5.41, 5.74) is -0.0849. The highest BCUT2D eigenvalue weighted by Crippen LogP contribution is 1.96. The van der Waals surface area contributed by atoms with Crippen molar-refractivity contribution < 1.29 is 0 Å². The van der Waals surface area contributed by atoms with Crippen LogP contribution in [0.15, 0.2) is 23.5 Å². The van der Waals surface area contributed by atoms with Gasteiger partial charge in [0, 0.05) is 39.0 Å². The van der Waals surface area contributed by atoms with E-state index < -0.39 is 0 Å². The molecule has 7 heteroatoms. The fraction of sp³-hybridized carbons (Fsp3) is 0.500. The predicted molar refractivity (Wildman–Crippen MR) is 72.0 cm³/mol. The van der Waals surface area contributed by atoms with Crippen molar-refractivity contribution >= 4 is 5.82 Å². The van der Waals surface area contributed by atoms with Crippen LogP contribution in [0.25, 0.3) is 0 Å². The number of aryl methyl sites for hydroxylation is 2. The van der Waals surface area contributed by atoms with E-state index in [0.29, 0.717) is 25.3 Å². The Morgan fingerprint density at radius 3 is 2.89 bits per heavy atom. The second kappa shape index (κ2) is 6.12. The zero-order valence-electron chi connectivity index (χ0n) is 11.2. The molecule has 0 aliphatic heterocycles. The van der Waals surface area contributed by atoms with Crippen molar-refractivity contribution in [2.45, 2.75) is 26.3 Å². The molecule has 0 fully saturated rings. The highest BCUT2D eigenvalue weighted by molar-refractivity contribution is 5.30. The first-order valence-electron chi connectivity index (χ1n) is 6.34. The molecule has 102 valence electrons. The normalized spacial score (nSPS) is 10.6. The van der Waals surface area contributed by atoms with Crippen molar-refractivity contribution in [1.29, 1.82) is 0 Å². The SMILES string of the molecule is CCCn1ccnc(NCCc2ncn(C)n2)c1=O. The lowest BCUT2D eigenvalue weighted by molar-refractivity contribution is 0.649. The Balaban J connectivity index is 1.96. The van der Waals surface area contributed by atoms with E-state index in [0.717, 1.165) is 12.2 Å². The zero-order valence-corrected chi connectivity index (χ0v) is 11.2. The van der Waals surface area contributed by atoms with Gasteiger partial charge in [-0.1, -0.05) is 6.92 Å². The van der Waals surface area contributed by atoms with Gasteiger partial charge >= 0.3 is 0 Å². The Kier molecular flexibility index (Phi) is 4.27. The molecular formula is C12H18N6O. The van der Waals surface area contributed by atoms with Gasteiger partial charge < -0.3 is 9.88 Å². The van der Waals surface area contributed by atoms with Crippen LogP contribution in [0.1, 0.15) is 19.2 Å². The van der Waals surface area contributed by atoms with Crippen LogP contribution < -0.4 is 10.9 Å². The molecule has 0 saturated heterocycles. The van der Waals surface area contributed by atoms with Gasteiger partial charge in [0.2, 0.25) is 0 Å². The van der Waals surface area contributed by atoms with E-state index in [1.165, 1.54) is 0 Å². The average Bonchev–Trinajstić information content (AvgIpc) is 2.80. The second-order valence-corrected chi connectivity index (χ2v) is 4.29. The smallest absolute Gasteiger partial charge is 0.293 e. The minimum Gasteiger partial charge on any atom is -0.365 e. The topological polar surface area (TPSA) is 77.6 Å². The monoisotopic (exact) mass is 262 g/mol. The van der Waals surface area contributed by atoms with Gasteiger partial charge in [-0.15, -0.1) is 0 Å². The van der Waals surface area contributed by atoms with E-state index in [2.05, 4.69) is 20.4 Å². The summed E-state index contributed by atoms with van der Waals surface area (Å²) in [5, 5.41) is 7.21. The quantitative estimate of drug-likeness (QED) is 0.817. The fourth-order valence-electron chi connectivity index (χ4n) is 1.78. The first-order chi connectivity index (χ1) is 9.20. The summed E-state index contributed by atoms with van der Waals surface area (Å²) in [7, 11) is 1.83. The largest absolute Gasteiger partial charge is 0.365 e. The van der Waals surface area contributed by atoms with Crippen molar-refractivity contribution in [1.82, 2.24) is 24.3 Å². The van der Waals surface area contributed by atoms with Crippen LogP contribution in [0.5, 0.6) is 0 Å². The number of nitrogens with zero attached hydrogens (tertiary/aromatic N) is 5. The van der Waals surface area contributed by atoms with Crippen LogP contribution in [0.3, 0.4) is 0 Å². The molecule has 0 aromatic carbocycles. The third kappa shape index (κ3) is 3.40. The standard InChI is InChI=1S/C12H18N6O/c1-3-7-18-8-6-14-11(12(18)19)13-5-4-10-15-9-17(2)16-10/h6,8-9H,3-5,7H2,1-2H3,(H,13,14). The Morgan fingerprint density at radius 1 is 1.37 bits per heavy atom. The van der Waals surface area contributed by atoms with Crippen LogP contribution in [0, 0.1) is 0 Å². The van der Waals surface area contributed by atoms with Crippen molar-refractivity contribution in [2.24, 2.45) is 7.05 Å². The molecule has 0 unspecified atom stereocenters. The second-order valence-electron chi connectivity index (χ2n) is 4.29. The van der Waals surface area contributed by atoms with Gasteiger partial charge in [0.25, 0.3) is 5.56 Å². The summed E-state index contributed by atoms with van der Waals surface area (Å²) in [6.45, 7) is 3.33. The molecule has 19 heavy (non-hydrogen) atoms. The van der Waals surface area contributed by atoms with Crippen LogP contribution in [-0.4, -0.2) is 30.9 Å². The summed E-state index contributed by atoms with van der Waals surface area (Å²) in [5.74, 6) is 1.13. The Bertz CT molecular complexity index is 588. The number of hydrogen-bond donors (Lipinski definition) is 1. The van der Waals surface area contributed by atoms with Crippen LogP contribution in [0.4, 0.5) is 5.82 Å². The maximum atomic E-state index is 12.0. The molecule has 2 rings (SSSR count). The highest BCUT2D eigenvalue weighted by atomic mass is 16.1. The van der Waals surface area contributed by atoms with Crippen molar-refractivity contribution in [3.8, 4) is 0 Å². The Hall–Kier alpha value is -2.18. The van der Waals surface area contributed by atoms with Crippen LogP contribution >= 0.6 is 0 Å². The highest BCUT2D eigenvalue weighted by Gasteiger charge is 2.04. The number of hydrogen-bond acceptors (Lipinski definition) is 5. The van der Waals surface area contributed by atoms with Crippen molar-refractivity contribution in [2.75, 3.05) is 11.9 Å². The molecule has 0 saturated carbocycles. The first-order valence-corrected chi connectivity index (χ1v) is 6.34. The minimum atomic E-state index is -0.0849. The van der Waals surface area contributed by atoms with E-state index in [1.807, 2.05) is 14.0 Å². The van der Waals surface area contributed by atoms with E-state index in [9.17, 15) is 4.79 Å². The lowest BCUT2D eigenvalue weighted by Crippen LogP contribution is -2.25. The lowest BCUT2D eigenvalue weighted by atomic mass is 10.4. The van der Waals surface area contributed by atoms with Crippen molar-refractivity contribution in [3.63, 3.8) is 0 Å². The molecule has 7 nitrogen and oxygen atoms in total. The van der Waals surface area contributed by atoms with Gasteiger partial charge in [0.15, 0.2) is 11.6 Å². The average molecular weight is 262 g/mol. The van der Waals surface area contributed by atoms with Gasteiger partial charge in [-0.05, 0) is 6.42 Å². The molecule has 0 aliphatic carbocycles. The molecule has 0 aliphatic rings. The molecule has 0 amide bonds. The van der Waals surface area contributed by atoms with Crippen molar-refractivity contribution in [3.05, 3.63) is 34.9 Å². The summed E-state index contributed by atoms with van der Waals surface area (Å²) >= 11 is 0. The van der Waals surface area contributed by atoms with Gasteiger partial charge in [0.1, 0.15) is 6.33 Å². The summed E-state index contributed by atoms with van der Waals surface area (Å²) < 4.78 is 3.32. The molecule has 1 N–H and O–H groups in total. The molecule has 0 spiro atoms. The third-order valence-electron chi connectivity index (χ3n) is 2.67. The molecular weight excluding hydrogens is 244 g/mol. The minimum absolute atomic E-state index is 0.0849. The number of aromatic nitrogens is 5. The third-order valence-corrected chi connectivity index (χ3v) is 2.67. The fourth-order valence-corrected chi connectivity index (χ4v) is 1.78. The maximum Gasteiger partial charge on any atom is 0.293 e. The summed E-state index contributed by atoms with van der Waals surface area (Å²) in [6, 6.07) is 0. The van der Waals surface area contributed by atoms with Crippen LogP contribution in [-0.2, 0) is 20.0 Å². The molecule has 0 radical (unpaired) electrons. The number of rotatable bonds is 6. The van der Waals surface area contributed by atoms with E-state index in [1.54, 1.807) is 28.0 Å². The van der Waals surface area contributed by atoms with Gasteiger partial charge in [0.05, 0.1) is 0 Å². The Labute approximate surface area is 111 Å². The molecule has 0 bridgehead atoms. The number of nitrogens with one attached hydrogen (secondary N) is 1. The summed E-state index contributed by atoms with van der Waals surface area (Å²) in [6.07, 6.45) is 6.58. The van der Waals surface area contributed by atoms with Crippen LogP contribution in [0.2, 0.25) is 0 Å². The maximum absolute atomic E-state index is 12.0. The van der Waals surface area contributed by atoms with E-state index in [-0.39, 0.29) is 5.56 Å². The van der Waals surface area contributed by atoms with Gasteiger partial charge in [-0.3, -0.25) is 9.48 Å². The molecule has 2 heterocycles. The van der Waals surface area contributed by atoms with Gasteiger partial charge in [-0.2, -0.15) is 5.10 Å². The van der Waals surface area contributed by atoms with Gasteiger partial charge in [-0.25, -0.2) is 9.97 Å². The van der Waals surface area contributed by atoms with E-state index in [4.69, 9.17) is 0 Å². The summed E-state index contributed by atoms with van der Waals surface area (Å²) in [4.78, 5) is 20.2. The number of anilines is 1. The molecule has 2 aromatic rings.